The molecule has 8 heteroatoms. The van der Waals surface area contributed by atoms with Crippen LogP contribution >= 0.6 is 11.3 Å². The zero-order valence-electron chi connectivity index (χ0n) is 14.2. The molecule has 0 aliphatic carbocycles. The molecule has 0 aliphatic rings. The van der Waals surface area contributed by atoms with E-state index in [2.05, 4.69) is 4.98 Å². The highest BCUT2D eigenvalue weighted by Crippen LogP contribution is 2.19. The van der Waals surface area contributed by atoms with Gasteiger partial charge in [0.05, 0.1) is 16.1 Å². The molecule has 2 rings (SSSR count). The summed E-state index contributed by atoms with van der Waals surface area (Å²) in [4.78, 5) is 18.8. The standard InChI is InChI=1S/C16H21N3O3S2/c1-12-15(23-11-17-12)8-9-19(4)24(21,22)14-7-5-6-13(10-14)16(20)18(2)3/h5-7,10-11H,8-9H2,1-4H3. The number of aryl methyl sites for hydroxylation is 1. The summed E-state index contributed by atoms with van der Waals surface area (Å²) in [5.41, 5.74) is 3.05. The second-order valence-electron chi connectivity index (χ2n) is 5.66. The van der Waals surface area contributed by atoms with Crippen LogP contribution in [0.4, 0.5) is 0 Å². The van der Waals surface area contributed by atoms with Gasteiger partial charge in [0.15, 0.2) is 0 Å². The quantitative estimate of drug-likeness (QED) is 0.783. The van der Waals surface area contributed by atoms with Gasteiger partial charge in [-0.3, -0.25) is 4.79 Å². The van der Waals surface area contributed by atoms with E-state index < -0.39 is 10.0 Å². The van der Waals surface area contributed by atoms with Gasteiger partial charge >= 0.3 is 0 Å². The first-order valence-electron chi connectivity index (χ1n) is 7.40. The molecule has 0 unspecified atom stereocenters. The highest BCUT2D eigenvalue weighted by molar-refractivity contribution is 7.89. The highest BCUT2D eigenvalue weighted by Gasteiger charge is 2.22. The molecule has 1 amide bonds. The van der Waals surface area contributed by atoms with Crippen LogP contribution in [0.3, 0.4) is 0 Å². The predicted molar refractivity (Wildman–Crippen MR) is 94.8 cm³/mol. The first-order chi connectivity index (χ1) is 11.2. The number of amides is 1. The molecule has 0 fully saturated rings. The van der Waals surface area contributed by atoms with E-state index in [0.29, 0.717) is 18.5 Å². The van der Waals surface area contributed by atoms with Crippen LogP contribution in [-0.4, -0.2) is 56.2 Å². The van der Waals surface area contributed by atoms with E-state index in [9.17, 15) is 13.2 Å². The van der Waals surface area contributed by atoms with E-state index >= 15 is 0 Å². The molecule has 24 heavy (non-hydrogen) atoms. The molecular weight excluding hydrogens is 346 g/mol. The lowest BCUT2D eigenvalue weighted by Crippen LogP contribution is -2.29. The number of carbonyl (C=O) groups excluding carboxylic acids is 1. The summed E-state index contributed by atoms with van der Waals surface area (Å²) < 4.78 is 26.7. The number of aromatic nitrogens is 1. The van der Waals surface area contributed by atoms with E-state index in [0.717, 1.165) is 10.6 Å². The lowest BCUT2D eigenvalue weighted by atomic mass is 10.2. The van der Waals surface area contributed by atoms with Crippen LogP contribution in [0.25, 0.3) is 0 Å². The van der Waals surface area contributed by atoms with Gasteiger partial charge in [0.2, 0.25) is 10.0 Å². The number of rotatable bonds is 6. The summed E-state index contributed by atoms with van der Waals surface area (Å²) in [6.07, 6.45) is 0.614. The number of sulfonamides is 1. The van der Waals surface area contributed by atoms with Crippen LogP contribution in [0.2, 0.25) is 0 Å². The van der Waals surface area contributed by atoms with Crippen molar-refractivity contribution in [3.05, 3.63) is 45.9 Å². The van der Waals surface area contributed by atoms with Crippen molar-refractivity contribution in [2.45, 2.75) is 18.2 Å². The predicted octanol–water partition coefficient (Wildman–Crippen LogP) is 2.02. The lowest BCUT2D eigenvalue weighted by molar-refractivity contribution is 0.0827. The SMILES string of the molecule is Cc1ncsc1CCN(C)S(=O)(=O)c1cccc(C(=O)N(C)C)c1. The Morgan fingerprint density at radius 3 is 2.54 bits per heavy atom. The average molecular weight is 367 g/mol. The molecule has 0 aliphatic heterocycles. The highest BCUT2D eigenvalue weighted by atomic mass is 32.2. The minimum Gasteiger partial charge on any atom is -0.345 e. The van der Waals surface area contributed by atoms with Crippen molar-refractivity contribution in [2.75, 3.05) is 27.7 Å². The monoisotopic (exact) mass is 367 g/mol. The van der Waals surface area contributed by atoms with Crippen LogP contribution in [0, 0.1) is 6.92 Å². The first kappa shape index (κ1) is 18.6. The normalized spacial score (nSPS) is 11.7. The summed E-state index contributed by atoms with van der Waals surface area (Å²) in [5, 5.41) is 0. The summed E-state index contributed by atoms with van der Waals surface area (Å²) in [5.74, 6) is -0.227. The van der Waals surface area contributed by atoms with Gasteiger partial charge in [0, 0.05) is 38.1 Å². The van der Waals surface area contributed by atoms with E-state index in [1.807, 2.05) is 6.92 Å². The third-order valence-corrected chi connectivity index (χ3v) is 6.54. The first-order valence-corrected chi connectivity index (χ1v) is 9.72. The lowest BCUT2D eigenvalue weighted by Gasteiger charge is -2.18. The van der Waals surface area contributed by atoms with Gasteiger partial charge in [0.25, 0.3) is 5.91 Å². The Morgan fingerprint density at radius 2 is 1.96 bits per heavy atom. The van der Waals surface area contributed by atoms with Crippen molar-refractivity contribution in [3.8, 4) is 0 Å². The molecule has 1 aromatic carbocycles. The van der Waals surface area contributed by atoms with E-state index in [1.54, 1.807) is 38.8 Å². The van der Waals surface area contributed by atoms with Crippen molar-refractivity contribution in [3.63, 3.8) is 0 Å². The fourth-order valence-corrected chi connectivity index (χ4v) is 4.16. The number of carbonyl (C=O) groups is 1. The maximum absolute atomic E-state index is 12.7. The molecule has 0 saturated heterocycles. The summed E-state index contributed by atoms with van der Waals surface area (Å²) >= 11 is 1.52. The van der Waals surface area contributed by atoms with Crippen LogP contribution in [0.5, 0.6) is 0 Å². The molecule has 0 saturated carbocycles. The zero-order chi connectivity index (χ0) is 17.9. The van der Waals surface area contributed by atoms with Gasteiger partial charge in [-0.25, -0.2) is 17.7 Å². The van der Waals surface area contributed by atoms with Gasteiger partial charge < -0.3 is 4.90 Å². The molecular formula is C16H21N3O3S2. The Morgan fingerprint density at radius 1 is 1.25 bits per heavy atom. The number of thiazole rings is 1. The number of likely N-dealkylation sites (N-methyl/N-ethyl adjacent to an activating group) is 1. The van der Waals surface area contributed by atoms with Gasteiger partial charge in [-0.2, -0.15) is 0 Å². The van der Waals surface area contributed by atoms with Crippen LogP contribution in [0.1, 0.15) is 20.9 Å². The van der Waals surface area contributed by atoms with Gasteiger partial charge in [-0.15, -0.1) is 11.3 Å². The second-order valence-corrected chi connectivity index (χ2v) is 8.65. The maximum Gasteiger partial charge on any atom is 0.253 e. The van der Waals surface area contributed by atoms with Crippen LogP contribution in [-0.2, 0) is 16.4 Å². The smallest absolute Gasteiger partial charge is 0.253 e. The topological polar surface area (TPSA) is 70.6 Å². The number of hydrogen-bond acceptors (Lipinski definition) is 5. The third-order valence-electron chi connectivity index (χ3n) is 3.69. The fraction of sp³-hybridized carbons (Fsp3) is 0.375. The average Bonchev–Trinajstić information content (AvgIpc) is 2.96. The summed E-state index contributed by atoms with van der Waals surface area (Å²) in [7, 11) is 1.17. The molecule has 0 N–H and O–H groups in total. The van der Waals surface area contributed by atoms with Crippen molar-refractivity contribution in [1.29, 1.82) is 0 Å². The van der Waals surface area contributed by atoms with Gasteiger partial charge in [0.1, 0.15) is 0 Å². The maximum atomic E-state index is 12.7. The van der Waals surface area contributed by atoms with Gasteiger partial charge in [-0.1, -0.05) is 6.07 Å². The molecule has 0 radical (unpaired) electrons. The fourth-order valence-electron chi connectivity index (χ4n) is 2.17. The number of benzene rings is 1. The minimum absolute atomic E-state index is 0.124. The molecule has 130 valence electrons. The van der Waals surface area contributed by atoms with Crippen molar-refractivity contribution < 1.29 is 13.2 Å². The van der Waals surface area contributed by atoms with E-state index in [4.69, 9.17) is 0 Å². The molecule has 6 nitrogen and oxygen atoms in total. The largest absolute Gasteiger partial charge is 0.345 e. The number of nitrogens with zero attached hydrogens (tertiary/aromatic N) is 3. The van der Waals surface area contributed by atoms with Crippen LogP contribution in [0.15, 0.2) is 34.7 Å². The Labute approximate surface area is 146 Å². The molecule has 1 heterocycles. The Bertz CT molecular complexity index is 829. The Kier molecular flexibility index (Phi) is 5.74. The molecule has 0 spiro atoms. The Balaban J connectivity index is 2.18. The minimum atomic E-state index is -3.64. The van der Waals surface area contributed by atoms with Crippen molar-refractivity contribution in [2.24, 2.45) is 0 Å². The molecule has 2 aromatic rings. The van der Waals surface area contributed by atoms with Crippen LogP contribution < -0.4 is 0 Å². The molecule has 0 atom stereocenters. The summed E-state index contributed by atoms with van der Waals surface area (Å²) in [6, 6.07) is 6.13. The van der Waals surface area contributed by atoms with E-state index in [1.165, 1.54) is 32.7 Å². The second kappa shape index (κ2) is 7.42. The van der Waals surface area contributed by atoms with Gasteiger partial charge in [-0.05, 0) is 31.5 Å². The molecule has 0 bridgehead atoms. The summed E-state index contributed by atoms with van der Waals surface area (Å²) in [6.45, 7) is 2.27. The van der Waals surface area contributed by atoms with Crippen molar-refractivity contribution >= 4 is 27.3 Å². The zero-order valence-corrected chi connectivity index (χ0v) is 15.8. The number of hydrogen-bond donors (Lipinski definition) is 0. The van der Waals surface area contributed by atoms with Crippen molar-refractivity contribution in [1.82, 2.24) is 14.2 Å². The molecule has 1 aromatic heterocycles. The Hall–Kier alpha value is -1.77. The third kappa shape index (κ3) is 4.00. The van der Waals surface area contributed by atoms with E-state index in [-0.39, 0.29) is 10.8 Å².